The van der Waals surface area contributed by atoms with Crippen LogP contribution < -0.4 is 10.6 Å². The summed E-state index contributed by atoms with van der Waals surface area (Å²) in [6, 6.07) is 0. The van der Waals surface area contributed by atoms with Crippen molar-refractivity contribution < 1.29 is 0 Å². The first-order chi connectivity index (χ1) is 9.60. The number of hydrogen-bond acceptors (Lipinski definition) is 4. The molecule has 4 nitrogen and oxygen atoms in total. The maximum Gasteiger partial charge on any atom is 0.134 e. The molecule has 0 amide bonds. The fourth-order valence-electron chi connectivity index (χ4n) is 2.82. The molecule has 0 radical (unpaired) electrons. The number of anilines is 2. The van der Waals surface area contributed by atoms with Crippen LogP contribution in [-0.2, 0) is 0 Å². The van der Waals surface area contributed by atoms with Gasteiger partial charge in [0.05, 0.1) is 0 Å². The van der Waals surface area contributed by atoms with E-state index in [1.165, 1.54) is 25.7 Å². The molecule has 1 saturated carbocycles. The highest BCUT2D eigenvalue weighted by Gasteiger charge is 2.34. The molecule has 0 bridgehead atoms. The Morgan fingerprint density at radius 3 is 2.20 bits per heavy atom. The Bertz CT molecular complexity index is 447. The van der Waals surface area contributed by atoms with E-state index in [0.29, 0.717) is 5.41 Å². The second-order valence-corrected chi connectivity index (χ2v) is 6.08. The smallest absolute Gasteiger partial charge is 0.134 e. The van der Waals surface area contributed by atoms with Gasteiger partial charge in [0, 0.05) is 18.7 Å². The minimum atomic E-state index is 0.502. The molecule has 1 aliphatic rings. The molecule has 2 N–H and O–H groups in total. The first-order valence-corrected chi connectivity index (χ1v) is 7.93. The predicted octanol–water partition coefficient (Wildman–Crippen LogP) is 3.91. The van der Waals surface area contributed by atoms with E-state index in [9.17, 15) is 0 Å². The van der Waals surface area contributed by atoms with Crippen molar-refractivity contribution in [1.82, 2.24) is 9.97 Å². The second kappa shape index (κ2) is 6.42. The van der Waals surface area contributed by atoms with E-state index >= 15 is 0 Å². The standard InChI is InChI=1S/C16H28N4/c1-5-10-17-14-12(3)15(20-13(4)19-14)18-11-16(6-2)8-7-9-16/h5-11H2,1-4H3,(H2,17,18,19,20). The van der Waals surface area contributed by atoms with Crippen LogP contribution >= 0.6 is 0 Å². The zero-order valence-electron chi connectivity index (χ0n) is 13.3. The van der Waals surface area contributed by atoms with E-state index in [4.69, 9.17) is 0 Å². The van der Waals surface area contributed by atoms with Crippen LogP contribution in [0.15, 0.2) is 0 Å². The van der Waals surface area contributed by atoms with Crippen LogP contribution in [0.3, 0.4) is 0 Å². The highest BCUT2D eigenvalue weighted by atomic mass is 15.1. The molecular formula is C16H28N4. The molecule has 112 valence electrons. The summed E-state index contributed by atoms with van der Waals surface area (Å²) in [5.41, 5.74) is 1.64. The van der Waals surface area contributed by atoms with Crippen molar-refractivity contribution in [3.05, 3.63) is 11.4 Å². The van der Waals surface area contributed by atoms with Gasteiger partial charge in [-0.1, -0.05) is 20.3 Å². The van der Waals surface area contributed by atoms with E-state index in [-0.39, 0.29) is 0 Å². The van der Waals surface area contributed by atoms with Crippen LogP contribution in [0.1, 0.15) is 57.3 Å². The van der Waals surface area contributed by atoms with Crippen LogP contribution in [0.25, 0.3) is 0 Å². The molecular weight excluding hydrogens is 248 g/mol. The normalized spacial score (nSPS) is 16.6. The summed E-state index contributed by atoms with van der Waals surface area (Å²) >= 11 is 0. The molecule has 4 heteroatoms. The number of aromatic nitrogens is 2. The Hall–Kier alpha value is -1.32. The van der Waals surface area contributed by atoms with Gasteiger partial charge in [-0.2, -0.15) is 0 Å². The first-order valence-electron chi connectivity index (χ1n) is 7.93. The Balaban J connectivity index is 2.08. The molecule has 0 unspecified atom stereocenters. The second-order valence-electron chi connectivity index (χ2n) is 6.08. The van der Waals surface area contributed by atoms with E-state index in [1.54, 1.807) is 0 Å². The van der Waals surface area contributed by atoms with Crippen molar-refractivity contribution in [2.45, 2.75) is 59.8 Å². The van der Waals surface area contributed by atoms with Gasteiger partial charge < -0.3 is 10.6 Å². The van der Waals surface area contributed by atoms with E-state index < -0.39 is 0 Å². The van der Waals surface area contributed by atoms with Gasteiger partial charge in [0.1, 0.15) is 17.5 Å². The zero-order valence-corrected chi connectivity index (χ0v) is 13.3. The lowest BCUT2D eigenvalue weighted by Crippen LogP contribution is -2.36. The highest BCUT2D eigenvalue weighted by molar-refractivity contribution is 5.57. The van der Waals surface area contributed by atoms with Crippen molar-refractivity contribution in [2.75, 3.05) is 23.7 Å². The molecule has 0 aromatic carbocycles. The first kappa shape index (κ1) is 15.1. The van der Waals surface area contributed by atoms with Crippen LogP contribution in [0.5, 0.6) is 0 Å². The maximum absolute atomic E-state index is 4.57. The van der Waals surface area contributed by atoms with Crippen LogP contribution in [-0.4, -0.2) is 23.1 Å². The predicted molar refractivity (Wildman–Crippen MR) is 85.4 cm³/mol. The summed E-state index contributed by atoms with van der Waals surface area (Å²) < 4.78 is 0. The minimum Gasteiger partial charge on any atom is -0.370 e. The molecule has 1 aromatic rings. The molecule has 0 atom stereocenters. The number of aryl methyl sites for hydroxylation is 1. The van der Waals surface area contributed by atoms with Gasteiger partial charge in [0.2, 0.25) is 0 Å². The lowest BCUT2D eigenvalue weighted by Gasteiger charge is -2.41. The summed E-state index contributed by atoms with van der Waals surface area (Å²) in [6.07, 6.45) is 6.43. The van der Waals surface area contributed by atoms with Gasteiger partial charge >= 0.3 is 0 Å². The summed E-state index contributed by atoms with van der Waals surface area (Å²) in [4.78, 5) is 9.08. The highest BCUT2D eigenvalue weighted by Crippen LogP contribution is 2.43. The number of nitrogens with zero attached hydrogens (tertiary/aromatic N) is 2. The van der Waals surface area contributed by atoms with Crippen LogP contribution in [0.4, 0.5) is 11.6 Å². The minimum absolute atomic E-state index is 0.502. The third-order valence-electron chi connectivity index (χ3n) is 4.60. The summed E-state index contributed by atoms with van der Waals surface area (Å²) in [5.74, 6) is 2.80. The fourth-order valence-corrected chi connectivity index (χ4v) is 2.82. The fraction of sp³-hybridized carbons (Fsp3) is 0.750. The number of nitrogens with one attached hydrogen (secondary N) is 2. The van der Waals surface area contributed by atoms with Gasteiger partial charge in [0.25, 0.3) is 0 Å². The molecule has 0 spiro atoms. The largest absolute Gasteiger partial charge is 0.370 e. The Morgan fingerprint density at radius 1 is 1.05 bits per heavy atom. The van der Waals surface area contributed by atoms with Gasteiger partial charge in [-0.05, 0) is 44.9 Å². The van der Waals surface area contributed by atoms with Gasteiger partial charge in [-0.15, -0.1) is 0 Å². The van der Waals surface area contributed by atoms with E-state index in [0.717, 1.165) is 42.5 Å². The average Bonchev–Trinajstić information content (AvgIpc) is 2.39. The topological polar surface area (TPSA) is 49.8 Å². The maximum atomic E-state index is 4.57. The molecule has 2 rings (SSSR count). The Morgan fingerprint density at radius 2 is 1.70 bits per heavy atom. The van der Waals surface area contributed by atoms with E-state index in [2.05, 4.69) is 41.4 Å². The Labute approximate surface area is 122 Å². The lowest BCUT2D eigenvalue weighted by atomic mass is 9.67. The lowest BCUT2D eigenvalue weighted by molar-refractivity contribution is 0.145. The van der Waals surface area contributed by atoms with E-state index in [1.807, 2.05) is 6.92 Å². The molecule has 0 aliphatic heterocycles. The van der Waals surface area contributed by atoms with Gasteiger partial charge in [-0.3, -0.25) is 0 Å². The molecule has 1 aliphatic carbocycles. The quantitative estimate of drug-likeness (QED) is 0.793. The zero-order chi connectivity index (χ0) is 14.6. The van der Waals surface area contributed by atoms with Crippen LogP contribution in [0.2, 0.25) is 0 Å². The SMILES string of the molecule is CCCNc1nc(C)nc(NCC2(CC)CCC2)c1C. The van der Waals surface area contributed by atoms with Crippen molar-refractivity contribution in [2.24, 2.45) is 5.41 Å². The molecule has 1 heterocycles. The number of hydrogen-bond donors (Lipinski definition) is 2. The monoisotopic (exact) mass is 276 g/mol. The van der Waals surface area contributed by atoms with Crippen molar-refractivity contribution in [3.8, 4) is 0 Å². The molecule has 0 saturated heterocycles. The van der Waals surface area contributed by atoms with Crippen molar-refractivity contribution in [1.29, 1.82) is 0 Å². The Kier molecular flexibility index (Phi) is 4.84. The van der Waals surface area contributed by atoms with Crippen molar-refractivity contribution >= 4 is 11.6 Å². The molecule has 1 aromatic heterocycles. The average molecular weight is 276 g/mol. The third-order valence-corrected chi connectivity index (χ3v) is 4.60. The summed E-state index contributed by atoms with van der Waals surface area (Å²) in [6.45, 7) is 10.5. The van der Waals surface area contributed by atoms with Crippen molar-refractivity contribution in [3.63, 3.8) is 0 Å². The third kappa shape index (κ3) is 3.22. The van der Waals surface area contributed by atoms with Crippen LogP contribution in [0, 0.1) is 19.3 Å². The molecule has 20 heavy (non-hydrogen) atoms. The van der Waals surface area contributed by atoms with Gasteiger partial charge in [-0.25, -0.2) is 9.97 Å². The number of rotatable bonds is 7. The van der Waals surface area contributed by atoms with Gasteiger partial charge in [0.15, 0.2) is 0 Å². The molecule has 1 fully saturated rings. The summed E-state index contributed by atoms with van der Waals surface area (Å²) in [5, 5.41) is 6.97. The summed E-state index contributed by atoms with van der Waals surface area (Å²) in [7, 11) is 0.